The van der Waals surface area contributed by atoms with Crippen molar-refractivity contribution in [2.45, 2.75) is 20.3 Å². The normalized spacial score (nSPS) is 11.1. The highest BCUT2D eigenvalue weighted by molar-refractivity contribution is 6.34. The number of carboxylic acid groups (broad SMARTS) is 1. The summed E-state index contributed by atoms with van der Waals surface area (Å²) in [6.07, 6.45) is 0.548. The zero-order valence-corrected chi connectivity index (χ0v) is 15.9. The summed E-state index contributed by atoms with van der Waals surface area (Å²) < 4.78 is 1.59. The molecule has 6 heteroatoms. The minimum atomic E-state index is -1.01. The zero-order chi connectivity index (χ0) is 18.8. The number of aromatic carboxylic acids is 1. The molecule has 0 bridgehead atoms. The zero-order valence-electron chi connectivity index (χ0n) is 14.4. The van der Waals surface area contributed by atoms with Crippen molar-refractivity contribution in [3.05, 3.63) is 69.8 Å². The molecule has 0 amide bonds. The van der Waals surface area contributed by atoms with Gasteiger partial charge in [-0.15, -0.1) is 0 Å². The number of aromatic nitrogens is 2. The molecule has 1 heterocycles. The lowest BCUT2D eigenvalue weighted by molar-refractivity contribution is 0.0696. The van der Waals surface area contributed by atoms with E-state index >= 15 is 0 Å². The fourth-order valence-electron chi connectivity index (χ4n) is 2.90. The van der Waals surface area contributed by atoms with Gasteiger partial charge in [0.15, 0.2) is 0 Å². The molecular weight excluding hydrogens is 371 g/mol. The Hall–Kier alpha value is -2.30. The van der Waals surface area contributed by atoms with E-state index < -0.39 is 5.97 Å². The lowest BCUT2D eigenvalue weighted by Crippen LogP contribution is -2.05. The highest BCUT2D eigenvalue weighted by Crippen LogP contribution is 2.33. The van der Waals surface area contributed by atoms with Crippen molar-refractivity contribution in [2.75, 3.05) is 0 Å². The number of benzene rings is 2. The van der Waals surface area contributed by atoms with Gasteiger partial charge in [0, 0.05) is 10.6 Å². The summed E-state index contributed by atoms with van der Waals surface area (Å²) in [5.74, 6) is -0.751. The van der Waals surface area contributed by atoms with Crippen LogP contribution in [-0.4, -0.2) is 20.9 Å². The number of rotatable bonds is 5. The van der Waals surface area contributed by atoms with E-state index in [-0.39, 0.29) is 11.5 Å². The SMILES string of the molecule is CC(C)Cc1nn(-c2cc(Cl)ccc2Cl)c(-c2ccccc2)c1C(=O)O. The second-order valence-electron chi connectivity index (χ2n) is 6.45. The predicted octanol–water partition coefficient (Wildman–Crippen LogP) is 5.74. The summed E-state index contributed by atoms with van der Waals surface area (Å²) >= 11 is 12.5. The molecule has 0 radical (unpaired) electrons. The van der Waals surface area contributed by atoms with Gasteiger partial charge in [0.25, 0.3) is 0 Å². The Bertz CT molecular complexity index is 950. The van der Waals surface area contributed by atoms with Crippen LogP contribution < -0.4 is 0 Å². The molecule has 3 rings (SSSR count). The molecule has 134 valence electrons. The van der Waals surface area contributed by atoms with Gasteiger partial charge >= 0.3 is 5.97 Å². The molecule has 1 aromatic heterocycles. The molecule has 3 aromatic rings. The molecule has 0 atom stereocenters. The van der Waals surface area contributed by atoms with E-state index in [0.29, 0.717) is 33.5 Å². The van der Waals surface area contributed by atoms with Crippen molar-refractivity contribution in [1.29, 1.82) is 0 Å². The van der Waals surface area contributed by atoms with Gasteiger partial charge in [-0.1, -0.05) is 67.4 Å². The first-order chi connectivity index (χ1) is 12.4. The van der Waals surface area contributed by atoms with E-state index in [4.69, 9.17) is 23.2 Å². The number of nitrogens with zero attached hydrogens (tertiary/aromatic N) is 2. The standard InChI is InChI=1S/C20H18Cl2N2O2/c1-12(2)10-16-18(20(25)26)19(13-6-4-3-5-7-13)24(23-16)17-11-14(21)8-9-15(17)22/h3-9,11-12H,10H2,1-2H3,(H,25,26). The molecule has 0 aliphatic rings. The molecule has 0 aliphatic heterocycles. The van der Waals surface area contributed by atoms with Gasteiger partial charge in [0.05, 0.1) is 22.1 Å². The maximum Gasteiger partial charge on any atom is 0.339 e. The van der Waals surface area contributed by atoms with E-state index in [9.17, 15) is 9.90 Å². The fourth-order valence-corrected chi connectivity index (χ4v) is 3.27. The maximum atomic E-state index is 12.1. The van der Waals surface area contributed by atoms with Crippen LogP contribution in [0.15, 0.2) is 48.5 Å². The van der Waals surface area contributed by atoms with Gasteiger partial charge in [-0.3, -0.25) is 0 Å². The first kappa shape index (κ1) is 18.5. The average Bonchev–Trinajstić information content (AvgIpc) is 2.96. The van der Waals surface area contributed by atoms with E-state index in [1.807, 2.05) is 44.2 Å². The quantitative estimate of drug-likeness (QED) is 0.605. The van der Waals surface area contributed by atoms with Gasteiger partial charge in [-0.25, -0.2) is 9.48 Å². The van der Waals surface area contributed by atoms with Crippen LogP contribution in [0.2, 0.25) is 10.0 Å². The molecule has 0 fully saturated rings. The summed E-state index contributed by atoms with van der Waals surface area (Å²) in [4.78, 5) is 12.1. The van der Waals surface area contributed by atoms with E-state index in [2.05, 4.69) is 5.10 Å². The predicted molar refractivity (Wildman–Crippen MR) is 105 cm³/mol. The van der Waals surface area contributed by atoms with Crippen molar-refractivity contribution in [3.8, 4) is 16.9 Å². The van der Waals surface area contributed by atoms with Crippen LogP contribution in [0, 0.1) is 5.92 Å². The van der Waals surface area contributed by atoms with Crippen molar-refractivity contribution in [1.82, 2.24) is 9.78 Å². The summed E-state index contributed by atoms with van der Waals surface area (Å²) in [7, 11) is 0. The van der Waals surface area contributed by atoms with Crippen LogP contribution in [0.3, 0.4) is 0 Å². The van der Waals surface area contributed by atoms with E-state index in [1.165, 1.54) is 0 Å². The highest BCUT2D eigenvalue weighted by atomic mass is 35.5. The molecule has 1 N–H and O–H groups in total. The monoisotopic (exact) mass is 388 g/mol. The molecular formula is C20H18Cl2N2O2. The van der Waals surface area contributed by atoms with Crippen molar-refractivity contribution >= 4 is 29.2 Å². The number of carboxylic acids is 1. The number of carbonyl (C=O) groups is 1. The Morgan fingerprint density at radius 3 is 2.46 bits per heavy atom. The van der Waals surface area contributed by atoms with Gasteiger partial charge in [0.2, 0.25) is 0 Å². The lowest BCUT2D eigenvalue weighted by Gasteiger charge is -2.11. The van der Waals surface area contributed by atoms with Crippen LogP contribution in [-0.2, 0) is 6.42 Å². The van der Waals surface area contributed by atoms with Crippen LogP contribution in [0.1, 0.15) is 29.9 Å². The largest absolute Gasteiger partial charge is 0.478 e. The van der Waals surface area contributed by atoms with Crippen LogP contribution in [0.25, 0.3) is 16.9 Å². The van der Waals surface area contributed by atoms with Crippen LogP contribution >= 0.6 is 23.2 Å². The second-order valence-corrected chi connectivity index (χ2v) is 7.29. The molecule has 0 saturated heterocycles. The minimum Gasteiger partial charge on any atom is -0.478 e. The molecule has 0 aliphatic carbocycles. The van der Waals surface area contributed by atoms with Gasteiger partial charge in [-0.2, -0.15) is 5.10 Å². The third-order valence-corrected chi connectivity index (χ3v) is 4.51. The first-order valence-electron chi connectivity index (χ1n) is 8.24. The third kappa shape index (κ3) is 3.62. The summed E-state index contributed by atoms with van der Waals surface area (Å²) in [6.45, 7) is 4.05. The van der Waals surface area contributed by atoms with Gasteiger partial charge < -0.3 is 5.11 Å². The summed E-state index contributed by atoms with van der Waals surface area (Å²) in [5, 5.41) is 15.5. The lowest BCUT2D eigenvalue weighted by atomic mass is 10.0. The second kappa shape index (κ2) is 7.52. The first-order valence-corrected chi connectivity index (χ1v) is 9.00. The Balaban J connectivity index is 2.36. The summed E-state index contributed by atoms with van der Waals surface area (Å²) in [5.41, 5.74) is 2.53. The molecule has 0 unspecified atom stereocenters. The third-order valence-electron chi connectivity index (χ3n) is 3.96. The van der Waals surface area contributed by atoms with E-state index in [1.54, 1.807) is 22.9 Å². The molecule has 4 nitrogen and oxygen atoms in total. The maximum absolute atomic E-state index is 12.1. The number of halogens is 2. The molecule has 0 spiro atoms. The minimum absolute atomic E-state index is 0.195. The van der Waals surface area contributed by atoms with Crippen LogP contribution in [0.5, 0.6) is 0 Å². The number of hydrogen-bond acceptors (Lipinski definition) is 2. The van der Waals surface area contributed by atoms with Crippen molar-refractivity contribution in [3.63, 3.8) is 0 Å². The average molecular weight is 389 g/mol. The fraction of sp³-hybridized carbons (Fsp3) is 0.200. The van der Waals surface area contributed by atoms with Gasteiger partial charge in [0.1, 0.15) is 5.56 Å². The highest BCUT2D eigenvalue weighted by Gasteiger charge is 2.26. The molecule has 2 aromatic carbocycles. The van der Waals surface area contributed by atoms with E-state index in [0.717, 1.165) is 5.56 Å². The van der Waals surface area contributed by atoms with Gasteiger partial charge in [-0.05, 0) is 30.5 Å². The number of hydrogen-bond donors (Lipinski definition) is 1. The Morgan fingerprint density at radius 2 is 1.85 bits per heavy atom. The topological polar surface area (TPSA) is 55.1 Å². The van der Waals surface area contributed by atoms with Crippen LogP contribution in [0.4, 0.5) is 0 Å². The van der Waals surface area contributed by atoms with Crippen molar-refractivity contribution in [2.24, 2.45) is 5.92 Å². The van der Waals surface area contributed by atoms with Crippen molar-refractivity contribution < 1.29 is 9.90 Å². The summed E-state index contributed by atoms with van der Waals surface area (Å²) in [6, 6.07) is 14.4. The Kier molecular flexibility index (Phi) is 5.35. The Morgan fingerprint density at radius 1 is 1.15 bits per heavy atom. The smallest absolute Gasteiger partial charge is 0.339 e. The Labute approximate surface area is 162 Å². The molecule has 0 saturated carbocycles. The molecule has 26 heavy (non-hydrogen) atoms.